The molecule has 3 rings (SSSR count). The van der Waals surface area contributed by atoms with Crippen molar-refractivity contribution in [1.29, 1.82) is 0 Å². The van der Waals surface area contributed by atoms with E-state index in [2.05, 4.69) is 33.0 Å². The van der Waals surface area contributed by atoms with Crippen molar-refractivity contribution in [2.75, 3.05) is 5.32 Å². The Kier molecular flexibility index (Phi) is 5.00. The van der Waals surface area contributed by atoms with Gasteiger partial charge >= 0.3 is 0 Å². The quantitative estimate of drug-likeness (QED) is 0.320. The first-order valence-electron chi connectivity index (χ1n) is 7.31. The largest absolute Gasteiger partial charge is 0.355 e. The van der Waals surface area contributed by atoms with E-state index in [9.17, 15) is 9.18 Å². The molecule has 8 heteroatoms. The number of anilines is 2. The molecule has 1 aromatic heterocycles. The van der Waals surface area contributed by atoms with Gasteiger partial charge in [0.1, 0.15) is 11.5 Å². The van der Waals surface area contributed by atoms with E-state index in [1.165, 1.54) is 16.9 Å². The molecule has 1 amide bonds. The van der Waals surface area contributed by atoms with Crippen LogP contribution in [0.2, 0.25) is 0 Å². The van der Waals surface area contributed by atoms with E-state index in [1.807, 2.05) is 25.1 Å². The van der Waals surface area contributed by atoms with E-state index in [4.69, 9.17) is 5.21 Å². The minimum absolute atomic E-state index is 0.0196. The highest BCUT2D eigenvalue weighted by Gasteiger charge is 2.17. The number of hydrogen-bond acceptors (Lipinski definition) is 4. The Bertz CT molecular complexity index is 929. The number of nitrogens with zero attached hydrogens (tertiary/aromatic N) is 2. The molecule has 0 aliphatic carbocycles. The zero-order valence-corrected chi connectivity index (χ0v) is 15.3. The first-order chi connectivity index (χ1) is 12.0. The summed E-state index contributed by atoms with van der Waals surface area (Å²) in [5, 5.41) is 16.1. The number of rotatable bonds is 4. The third kappa shape index (κ3) is 3.64. The smallest absolute Gasteiger partial charge is 0.276 e. The predicted molar refractivity (Wildman–Crippen MR) is 100.0 cm³/mol. The SMILES string of the molecule is Cc1cc(I)ccc1Nc1cc(-n2cccn2)c(F)cc1C(=O)NO. The van der Waals surface area contributed by atoms with Crippen molar-refractivity contribution in [3.63, 3.8) is 0 Å². The highest BCUT2D eigenvalue weighted by atomic mass is 127. The van der Waals surface area contributed by atoms with E-state index in [0.29, 0.717) is 5.69 Å². The molecule has 128 valence electrons. The van der Waals surface area contributed by atoms with Crippen molar-refractivity contribution >= 4 is 39.9 Å². The highest BCUT2D eigenvalue weighted by molar-refractivity contribution is 14.1. The third-order valence-corrected chi connectivity index (χ3v) is 4.31. The highest BCUT2D eigenvalue weighted by Crippen LogP contribution is 2.28. The van der Waals surface area contributed by atoms with Gasteiger partial charge in [0, 0.05) is 21.7 Å². The van der Waals surface area contributed by atoms with Crippen molar-refractivity contribution < 1.29 is 14.4 Å². The Balaban J connectivity index is 2.11. The van der Waals surface area contributed by atoms with Gasteiger partial charge < -0.3 is 5.32 Å². The lowest BCUT2D eigenvalue weighted by molar-refractivity contribution is 0.0707. The van der Waals surface area contributed by atoms with Gasteiger partial charge in [-0.05, 0) is 71.5 Å². The molecular weight excluding hydrogens is 438 g/mol. The van der Waals surface area contributed by atoms with Crippen molar-refractivity contribution in [3.05, 3.63) is 69.3 Å². The molecule has 0 atom stereocenters. The van der Waals surface area contributed by atoms with Crippen LogP contribution in [-0.4, -0.2) is 20.9 Å². The average molecular weight is 452 g/mol. The van der Waals surface area contributed by atoms with E-state index >= 15 is 0 Å². The van der Waals surface area contributed by atoms with Gasteiger partial charge in [-0.2, -0.15) is 5.10 Å². The second-order valence-corrected chi connectivity index (χ2v) is 6.57. The summed E-state index contributed by atoms with van der Waals surface area (Å²) in [6.45, 7) is 1.92. The minimum Gasteiger partial charge on any atom is -0.355 e. The maximum absolute atomic E-state index is 14.4. The number of carbonyl (C=O) groups excluding carboxylic acids is 1. The summed E-state index contributed by atoms with van der Waals surface area (Å²) in [6, 6.07) is 9.97. The zero-order chi connectivity index (χ0) is 18.0. The molecular formula is C17H14FIN4O2. The molecule has 0 saturated carbocycles. The molecule has 1 heterocycles. The lowest BCUT2D eigenvalue weighted by Gasteiger charge is -2.15. The molecule has 0 unspecified atom stereocenters. The molecule has 3 aromatic rings. The lowest BCUT2D eigenvalue weighted by atomic mass is 10.1. The van der Waals surface area contributed by atoms with Gasteiger partial charge in [-0.25, -0.2) is 14.6 Å². The molecule has 0 spiro atoms. The van der Waals surface area contributed by atoms with Crippen molar-refractivity contribution in [2.45, 2.75) is 6.92 Å². The molecule has 0 aliphatic heterocycles. The standard InChI is InChI=1S/C17H14FIN4O2/c1-10-7-11(19)3-4-14(10)21-15-9-16(23-6-2-5-20-23)13(18)8-12(15)17(24)22-25/h2-9,21,25H,1H3,(H,22,24). The minimum atomic E-state index is -0.809. The second kappa shape index (κ2) is 7.19. The van der Waals surface area contributed by atoms with Crippen LogP contribution in [0.15, 0.2) is 48.8 Å². The number of carbonyl (C=O) groups is 1. The Hall–Kier alpha value is -2.46. The van der Waals surface area contributed by atoms with Crippen LogP contribution in [0.3, 0.4) is 0 Å². The van der Waals surface area contributed by atoms with E-state index in [-0.39, 0.29) is 11.3 Å². The van der Waals surface area contributed by atoms with E-state index in [0.717, 1.165) is 20.9 Å². The number of halogens is 2. The second-order valence-electron chi connectivity index (χ2n) is 5.33. The van der Waals surface area contributed by atoms with Gasteiger partial charge in [0.05, 0.1) is 11.3 Å². The molecule has 2 aromatic carbocycles. The Morgan fingerprint density at radius 3 is 2.72 bits per heavy atom. The summed E-state index contributed by atoms with van der Waals surface area (Å²) in [5.74, 6) is -1.44. The molecule has 0 bridgehead atoms. The Morgan fingerprint density at radius 1 is 1.28 bits per heavy atom. The molecule has 0 saturated heterocycles. The summed E-state index contributed by atoms with van der Waals surface area (Å²) < 4.78 is 16.8. The molecule has 3 N–H and O–H groups in total. The van der Waals surface area contributed by atoms with Gasteiger partial charge in [0.25, 0.3) is 5.91 Å². The fraction of sp³-hybridized carbons (Fsp3) is 0.0588. The molecule has 6 nitrogen and oxygen atoms in total. The Labute approximate surface area is 156 Å². The number of amides is 1. The molecule has 0 fully saturated rings. The summed E-state index contributed by atoms with van der Waals surface area (Å²) in [7, 11) is 0. The molecule has 0 aliphatic rings. The van der Waals surface area contributed by atoms with Crippen molar-refractivity contribution in [1.82, 2.24) is 15.3 Å². The fourth-order valence-corrected chi connectivity index (χ4v) is 3.06. The first kappa shape index (κ1) is 17.4. The third-order valence-electron chi connectivity index (χ3n) is 3.64. The van der Waals surface area contributed by atoms with E-state index in [1.54, 1.807) is 17.7 Å². The number of nitrogens with one attached hydrogen (secondary N) is 2. The maximum Gasteiger partial charge on any atom is 0.276 e. The predicted octanol–water partition coefficient (Wildman–Crippen LogP) is 3.79. The molecule has 25 heavy (non-hydrogen) atoms. The monoisotopic (exact) mass is 452 g/mol. The van der Waals surface area contributed by atoms with Crippen LogP contribution in [0.5, 0.6) is 0 Å². The zero-order valence-electron chi connectivity index (χ0n) is 13.1. The van der Waals surface area contributed by atoms with Crippen LogP contribution in [0, 0.1) is 16.3 Å². The number of aromatic nitrogens is 2. The van der Waals surface area contributed by atoms with Crippen LogP contribution in [0.25, 0.3) is 5.69 Å². The van der Waals surface area contributed by atoms with Crippen LogP contribution >= 0.6 is 22.6 Å². The van der Waals surface area contributed by atoms with Crippen molar-refractivity contribution in [3.8, 4) is 5.69 Å². The van der Waals surface area contributed by atoms with E-state index < -0.39 is 11.7 Å². The van der Waals surface area contributed by atoms with Gasteiger partial charge in [0.15, 0.2) is 0 Å². The van der Waals surface area contributed by atoms with Crippen LogP contribution < -0.4 is 10.8 Å². The maximum atomic E-state index is 14.4. The molecule has 0 radical (unpaired) electrons. The number of aryl methyl sites for hydroxylation is 1. The topological polar surface area (TPSA) is 79.2 Å². The van der Waals surface area contributed by atoms with Gasteiger partial charge in [-0.3, -0.25) is 10.0 Å². The number of hydrogen-bond donors (Lipinski definition) is 3. The van der Waals surface area contributed by atoms with Crippen molar-refractivity contribution in [2.24, 2.45) is 0 Å². The van der Waals surface area contributed by atoms with Gasteiger partial charge in [-0.1, -0.05) is 0 Å². The summed E-state index contributed by atoms with van der Waals surface area (Å²) in [6.07, 6.45) is 3.13. The lowest BCUT2D eigenvalue weighted by Crippen LogP contribution is -2.20. The normalized spacial score (nSPS) is 10.6. The number of benzene rings is 2. The van der Waals surface area contributed by atoms with Gasteiger partial charge in [-0.15, -0.1) is 0 Å². The first-order valence-corrected chi connectivity index (χ1v) is 8.38. The van der Waals surface area contributed by atoms with Crippen LogP contribution in [0.4, 0.5) is 15.8 Å². The van der Waals surface area contributed by atoms with Gasteiger partial charge in [0.2, 0.25) is 0 Å². The fourth-order valence-electron chi connectivity index (χ4n) is 2.41. The van der Waals surface area contributed by atoms with Crippen LogP contribution in [-0.2, 0) is 0 Å². The summed E-state index contributed by atoms with van der Waals surface area (Å²) in [5.41, 5.74) is 3.79. The average Bonchev–Trinajstić information content (AvgIpc) is 3.12. The number of hydroxylamine groups is 1. The van der Waals surface area contributed by atoms with Crippen LogP contribution in [0.1, 0.15) is 15.9 Å². The Morgan fingerprint density at radius 2 is 2.08 bits per heavy atom. The summed E-state index contributed by atoms with van der Waals surface area (Å²) >= 11 is 2.21. The summed E-state index contributed by atoms with van der Waals surface area (Å²) in [4.78, 5) is 11.9.